The number of nitrogens with one attached hydrogen (secondary N) is 3. The van der Waals surface area contributed by atoms with E-state index in [0.29, 0.717) is 39.8 Å². The van der Waals surface area contributed by atoms with Crippen molar-refractivity contribution in [3.63, 3.8) is 0 Å². The Hall–Kier alpha value is -5.64. The van der Waals surface area contributed by atoms with Crippen LogP contribution in [0.25, 0.3) is 0 Å². The van der Waals surface area contributed by atoms with Crippen molar-refractivity contribution >= 4 is 69.8 Å². The van der Waals surface area contributed by atoms with E-state index in [1.54, 1.807) is 36.4 Å². The van der Waals surface area contributed by atoms with Crippen LogP contribution in [0.3, 0.4) is 0 Å². The monoisotopic (exact) mass is 822 g/mol. The number of hydrogen-bond acceptors (Lipinski definition) is 9. The van der Waals surface area contributed by atoms with E-state index in [9.17, 15) is 37.1 Å². The van der Waals surface area contributed by atoms with Crippen LogP contribution < -0.4 is 26.6 Å². The van der Waals surface area contributed by atoms with Crippen molar-refractivity contribution < 1.29 is 37.1 Å². The molecule has 0 aliphatic carbocycles. The molecule has 3 aromatic rings. The summed E-state index contributed by atoms with van der Waals surface area (Å²) in [5.74, 6) is -2.41. The van der Waals surface area contributed by atoms with Gasteiger partial charge in [0, 0.05) is 54.9 Å². The highest BCUT2D eigenvalue weighted by Gasteiger charge is 2.45. The number of imide groups is 2. The summed E-state index contributed by atoms with van der Waals surface area (Å²) in [6.45, 7) is 2.57. The van der Waals surface area contributed by atoms with Crippen molar-refractivity contribution in [2.45, 2.75) is 76.7 Å². The number of hydrogen-bond donors (Lipinski definition) is 4. The Morgan fingerprint density at radius 3 is 2.33 bits per heavy atom. The number of carbonyl (C=O) groups is 5. The van der Waals surface area contributed by atoms with Gasteiger partial charge in [0.15, 0.2) is 0 Å². The fourth-order valence-corrected chi connectivity index (χ4v) is 7.66. The molecule has 2 saturated heterocycles. The van der Waals surface area contributed by atoms with Gasteiger partial charge in [-0.2, -0.15) is 0 Å². The van der Waals surface area contributed by atoms with Crippen molar-refractivity contribution in [2.24, 2.45) is 10.7 Å². The van der Waals surface area contributed by atoms with Crippen LogP contribution in [-0.2, 0) is 9.59 Å². The van der Waals surface area contributed by atoms with Gasteiger partial charge in [0.05, 0.1) is 34.7 Å². The molecule has 6 amide bonds. The van der Waals surface area contributed by atoms with Gasteiger partial charge >= 0.3 is 6.03 Å². The van der Waals surface area contributed by atoms with Crippen molar-refractivity contribution in [1.29, 1.82) is 0 Å². The summed E-state index contributed by atoms with van der Waals surface area (Å²) in [6.07, 6.45) is 6.08. The molecule has 0 aromatic heterocycles. The van der Waals surface area contributed by atoms with Crippen molar-refractivity contribution in [1.82, 2.24) is 20.4 Å². The predicted octanol–water partition coefficient (Wildman–Crippen LogP) is 6.88. The van der Waals surface area contributed by atoms with Crippen LogP contribution in [0.15, 0.2) is 59.6 Å². The number of carbonyl (C=O) groups excluding carboxylic acids is 5. The Morgan fingerprint density at radius 1 is 0.897 bits per heavy atom. The topological polar surface area (TPSA) is 170 Å². The molecule has 1 unspecified atom stereocenters. The van der Waals surface area contributed by atoms with E-state index in [2.05, 4.69) is 20.9 Å². The smallest absolute Gasteiger partial charge is 0.317 e. The normalized spacial score (nSPS) is 17.2. The number of alkyl halides is 2. The molecule has 3 aromatic carbocycles. The Bertz CT molecular complexity index is 2080. The molecule has 1 atom stereocenters. The van der Waals surface area contributed by atoms with Gasteiger partial charge in [-0.3, -0.25) is 29.4 Å². The number of aliphatic imine (C=N–C) groups is 1. The number of anilines is 3. The van der Waals surface area contributed by atoms with Crippen molar-refractivity contribution in [2.75, 3.05) is 42.9 Å². The number of likely N-dealkylation sites (tertiary alicyclic amines) is 1. The van der Waals surface area contributed by atoms with E-state index in [0.717, 1.165) is 82.0 Å². The van der Waals surface area contributed by atoms with Crippen LogP contribution in [0.4, 0.5) is 40.7 Å². The first-order valence-corrected chi connectivity index (χ1v) is 19.9. The summed E-state index contributed by atoms with van der Waals surface area (Å²) >= 11 is 5.95. The lowest BCUT2D eigenvalue weighted by Gasteiger charge is -2.27. The van der Waals surface area contributed by atoms with Crippen LogP contribution in [0.5, 0.6) is 0 Å². The first-order valence-electron chi connectivity index (χ1n) is 19.5. The first-order chi connectivity index (χ1) is 27.9. The van der Waals surface area contributed by atoms with Gasteiger partial charge in [-0.05, 0) is 74.6 Å². The molecule has 58 heavy (non-hydrogen) atoms. The average Bonchev–Trinajstić information content (AvgIpc) is 3.80. The summed E-state index contributed by atoms with van der Waals surface area (Å²) in [5, 5.41) is 8.90. The van der Waals surface area contributed by atoms with Gasteiger partial charge in [-0.25, -0.2) is 23.0 Å². The van der Waals surface area contributed by atoms with Gasteiger partial charge in [-0.1, -0.05) is 43.4 Å². The highest BCUT2D eigenvalue weighted by atomic mass is 35.5. The maximum Gasteiger partial charge on any atom is 0.317 e. The largest absolute Gasteiger partial charge is 0.384 e. The van der Waals surface area contributed by atoms with Crippen LogP contribution in [0, 0.1) is 5.82 Å². The van der Waals surface area contributed by atoms with Crippen LogP contribution in [0.2, 0.25) is 5.02 Å². The van der Waals surface area contributed by atoms with E-state index >= 15 is 0 Å². The molecular formula is C41H46ClF3N8O5. The van der Waals surface area contributed by atoms with Gasteiger partial charge < -0.3 is 26.2 Å². The minimum Gasteiger partial charge on any atom is -0.384 e. The molecule has 4 aliphatic rings. The Morgan fingerprint density at radius 2 is 1.60 bits per heavy atom. The second-order valence-electron chi connectivity index (χ2n) is 14.4. The fraction of sp³-hybridized carbons (Fsp3) is 0.415. The molecular weight excluding hydrogens is 777 g/mol. The van der Waals surface area contributed by atoms with Gasteiger partial charge in [0.2, 0.25) is 11.8 Å². The first kappa shape index (κ1) is 42.0. The standard InChI is InChI=1S/C26H35N5O5.C15H11ClF3N3/c32-21-13-12-20(23(33)29-21)31-24(34)18-10-9-11-19(22(18)25(31)35)27-14-5-3-1-2-4-6-15-28-26(36)30-16-7-8-17-30;16-8-1-3-12-10(5-8)15(20)21-11-6-9(17)2-4-13(11)22(12)7-14(18)19/h9-11,20,27H,1-8,12-17H2,(H,28,36)(H,29,32,33);1-6,14H,7H2,(H2,20,21). The second kappa shape index (κ2) is 19.2. The summed E-state index contributed by atoms with van der Waals surface area (Å²) in [4.78, 5) is 70.0. The lowest BCUT2D eigenvalue weighted by Crippen LogP contribution is -2.54. The van der Waals surface area contributed by atoms with Crippen molar-refractivity contribution in [3.05, 3.63) is 82.1 Å². The van der Waals surface area contributed by atoms with Crippen LogP contribution in [-0.4, -0.2) is 90.5 Å². The Kier molecular flexibility index (Phi) is 13.9. The third kappa shape index (κ3) is 9.89. The van der Waals surface area contributed by atoms with E-state index < -0.39 is 42.6 Å². The van der Waals surface area contributed by atoms with Crippen LogP contribution >= 0.6 is 11.6 Å². The molecule has 5 N–H and O–H groups in total. The van der Waals surface area contributed by atoms with Gasteiger partial charge in [0.1, 0.15) is 17.7 Å². The number of urea groups is 1. The molecule has 4 heterocycles. The summed E-state index contributed by atoms with van der Waals surface area (Å²) in [6, 6.07) is 12.7. The number of unbranched alkanes of at least 4 members (excludes halogenated alkanes) is 5. The minimum absolute atomic E-state index is 0.0615. The summed E-state index contributed by atoms with van der Waals surface area (Å²) in [5.41, 5.74) is 8.55. The van der Waals surface area contributed by atoms with Gasteiger partial charge in [0.25, 0.3) is 18.2 Å². The zero-order chi connectivity index (χ0) is 41.3. The highest BCUT2D eigenvalue weighted by Crippen LogP contribution is 2.40. The van der Waals surface area contributed by atoms with Crippen molar-refractivity contribution in [3.8, 4) is 0 Å². The maximum absolute atomic E-state index is 13.4. The highest BCUT2D eigenvalue weighted by molar-refractivity contribution is 6.31. The SMILES string of the molecule is NC1=Nc2cc(F)ccc2N(CC(F)F)c2ccc(Cl)cc21.O=C1CCC(N2C(=O)c3cccc(NCCCCCCCCNC(=O)N4CCCC4)c3C2=O)C(=O)N1. The van der Waals surface area contributed by atoms with E-state index in [1.165, 1.54) is 17.0 Å². The Balaban J connectivity index is 0.000000220. The molecule has 0 bridgehead atoms. The Labute approximate surface area is 339 Å². The van der Waals surface area contributed by atoms with Crippen LogP contribution in [0.1, 0.15) is 90.5 Å². The number of piperidine rings is 1. The second-order valence-corrected chi connectivity index (χ2v) is 14.9. The average molecular weight is 823 g/mol. The number of benzene rings is 3. The molecule has 0 radical (unpaired) electrons. The molecule has 0 saturated carbocycles. The van der Waals surface area contributed by atoms with Gasteiger partial charge in [-0.15, -0.1) is 0 Å². The lowest BCUT2D eigenvalue weighted by atomic mass is 10.0. The van der Waals surface area contributed by atoms with E-state index in [4.69, 9.17) is 17.3 Å². The third-order valence-electron chi connectivity index (χ3n) is 10.4. The number of amides is 6. The molecule has 7 rings (SSSR count). The molecule has 4 aliphatic heterocycles. The fourth-order valence-electron chi connectivity index (χ4n) is 7.49. The minimum atomic E-state index is -2.58. The summed E-state index contributed by atoms with van der Waals surface area (Å²) < 4.78 is 39.4. The number of fused-ring (bicyclic) bond motifs is 3. The van der Waals surface area contributed by atoms with E-state index in [1.807, 2.05) is 4.90 Å². The zero-order valence-electron chi connectivity index (χ0n) is 31.9. The number of nitrogens with zero attached hydrogens (tertiary/aromatic N) is 4. The molecule has 17 heteroatoms. The molecule has 308 valence electrons. The predicted molar refractivity (Wildman–Crippen MR) is 215 cm³/mol. The zero-order valence-corrected chi connectivity index (χ0v) is 32.6. The number of nitrogens with two attached hydrogens (primary N) is 1. The molecule has 2 fully saturated rings. The quantitative estimate of drug-likeness (QED) is 0.107. The third-order valence-corrected chi connectivity index (χ3v) is 10.6. The number of amidine groups is 1. The summed E-state index contributed by atoms with van der Waals surface area (Å²) in [7, 11) is 0. The van der Waals surface area contributed by atoms with E-state index in [-0.39, 0.29) is 41.9 Å². The number of rotatable bonds is 13. The number of halogens is 4. The molecule has 13 nitrogen and oxygen atoms in total. The maximum atomic E-state index is 13.4. The molecule has 0 spiro atoms. The lowest BCUT2D eigenvalue weighted by molar-refractivity contribution is -0.136.